The first-order valence-corrected chi connectivity index (χ1v) is 8.54. The van der Waals surface area contributed by atoms with E-state index in [1.54, 1.807) is 12.1 Å². The molecule has 0 atom stereocenters. The average Bonchev–Trinajstić information content (AvgIpc) is 2.54. The van der Waals surface area contributed by atoms with E-state index in [-0.39, 0.29) is 23.8 Å². The number of rotatable bonds is 7. The van der Waals surface area contributed by atoms with Gasteiger partial charge in [-0.1, -0.05) is 36.4 Å². The summed E-state index contributed by atoms with van der Waals surface area (Å²) in [5.41, 5.74) is 1.46. The van der Waals surface area contributed by atoms with Gasteiger partial charge in [-0.2, -0.15) is 0 Å². The molecule has 2 rings (SSSR count). The predicted octanol–water partition coefficient (Wildman–Crippen LogP) is 2.33. The van der Waals surface area contributed by atoms with Gasteiger partial charge in [0.1, 0.15) is 0 Å². The van der Waals surface area contributed by atoms with Crippen molar-refractivity contribution in [2.75, 3.05) is 11.9 Å². The molecule has 0 aliphatic heterocycles. The van der Waals surface area contributed by atoms with Gasteiger partial charge < -0.3 is 5.32 Å². The highest BCUT2D eigenvalue weighted by Gasteiger charge is 2.12. The second kappa shape index (κ2) is 7.71. The minimum absolute atomic E-state index is 0.139. The predicted molar refractivity (Wildman–Crippen MR) is 90.6 cm³/mol. The number of sulfonamides is 1. The van der Waals surface area contributed by atoms with E-state index in [2.05, 4.69) is 16.6 Å². The Balaban J connectivity index is 2.00. The van der Waals surface area contributed by atoms with E-state index >= 15 is 0 Å². The normalized spacial score (nSPS) is 11.0. The molecule has 0 unspecified atom stereocenters. The molecule has 0 saturated carbocycles. The highest BCUT2D eigenvalue weighted by Crippen LogP contribution is 2.14. The van der Waals surface area contributed by atoms with Gasteiger partial charge in [0, 0.05) is 12.2 Å². The van der Waals surface area contributed by atoms with Gasteiger partial charge in [0.15, 0.2) is 0 Å². The summed E-state index contributed by atoms with van der Waals surface area (Å²) in [7, 11) is -3.55. The van der Waals surface area contributed by atoms with Crippen LogP contribution in [0.5, 0.6) is 0 Å². The van der Waals surface area contributed by atoms with E-state index in [0.717, 1.165) is 5.56 Å². The fourth-order valence-corrected chi connectivity index (χ4v) is 2.95. The standard InChI is InChI=1S/C17H18N2O3S/c1-2-12-18-23(21,22)16-10-8-15(9-11-16)19-17(20)13-14-6-4-3-5-7-14/h2-11,18H,1,12-13H2,(H,19,20). The zero-order valence-corrected chi connectivity index (χ0v) is 13.3. The van der Waals surface area contributed by atoms with Gasteiger partial charge in [0.2, 0.25) is 15.9 Å². The van der Waals surface area contributed by atoms with Crippen LogP contribution in [-0.4, -0.2) is 20.9 Å². The Morgan fingerprint density at radius 1 is 1.04 bits per heavy atom. The summed E-state index contributed by atoms with van der Waals surface area (Å²) in [5.74, 6) is -0.156. The van der Waals surface area contributed by atoms with Crippen LogP contribution >= 0.6 is 0 Å². The number of benzene rings is 2. The van der Waals surface area contributed by atoms with Crippen LogP contribution < -0.4 is 10.0 Å². The Hall–Kier alpha value is -2.44. The molecule has 0 radical (unpaired) electrons. The number of carbonyl (C=O) groups excluding carboxylic acids is 1. The van der Waals surface area contributed by atoms with Crippen molar-refractivity contribution in [2.45, 2.75) is 11.3 Å². The van der Waals surface area contributed by atoms with Crippen molar-refractivity contribution in [1.82, 2.24) is 4.72 Å². The van der Waals surface area contributed by atoms with Gasteiger partial charge in [0.05, 0.1) is 11.3 Å². The Morgan fingerprint density at radius 3 is 2.30 bits per heavy atom. The zero-order valence-electron chi connectivity index (χ0n) is 12.5. The zero-order chi connectivity index (χ0) is 16.7. The van der Waals surface area contributed by atoms with E-state index in [1.807, 2.05) is 30.3 Å². The summed E-state index contributed by atoms with van der Waals surface area (Å²) in [4.78, 5) is 12.1. The largest absolute Gasteiger partial charge is 0.326 e. The molecule has 6 heteroatoms. The first kappa shape index (κ1) is 16.9. The molecule has 0 spiro atoms. The van der Waals surface area contributed by atoms with Crippen LogP contribution in [0, 0.1) is 0 Å². The fourth-order valence-electron chi connectivity index (χ4n) is 1.96. The third-order valence-corrected chi connectivity index (χ3v) is 4.51. The van der Waals surface area contributed by atoms with Crippen LogP contribution in [0.2, 0.25) is 0 Å². The number of amides is 1. The van der Waals surface area contributed by atoms with E-state index in [1.165, 1.54) is 18.2 Å². The third kappa shape index (κ3) is 5.05. The molecule has 2 N–H and O–H groups in total. The Kier molecular flexibility index (Phi) is 5.67. The third-order valence-electron chi connectivity index (χ3n) is 3.07. The SMILES string of the molecule is C=CCNS(=O)(=O)c1ccc(NC(=O)Cc2ccccc2)cc1. The van der Waals surface area contributed by atoms with Crippen molar-refractivity contribution in [3.8, 4) is 0 Å². The number of nitrogens with one attached hydrogen (secondary N) is 2. The number of hydrogen-bond acceptors (Lipinski definition) is 3. The summed E-state index contributed by atoms with van der Waals surface area (Å²) in [5, 5.41) is 2.74. The lowest BCUT2D eigenvalue weighted by atomic mass is 10.1. The van der Waals surface area contributed by atoms with Crippen LogP contribution in [-0.2, 0) is 21.2 Å². The van der Waals surface area contributed by atoms with Crippen molar-refractivity contribution < 1.29 is 13.2 Å². The molecule has 0 saturated heterocycles. The first-order valence-electron chi connectivity index (χ1n) is 7.05. The molecule has 0 aliphatic carbocycles. The van der Waals surface area contributed by atoms with Gasteiger partial charge in [-0.15, -0.1) is 6.58 Å². The summed E-state index contributed by atoms with van der Waals surface area (Å²) < 4.78 is 26.2. The molecule has 0 aromatic heterocycles. The monoisotopic (exact) mass is 330 g/mol. The molecule has 0 bridgehead atoms. The maximum absolute atomic E-state index is 12.0. The maximum Gasteiger partial charge on any atom is 0.240 e. The minimum atomic E-state index is -3.55. The minimum Gasteiger partial charge on any atom is -0.326 e. The summed E-state index contributed by atoms with van der Waals surface area (Å²) >= 11 is 0. The van der Waals surface area contributed by atoms with Crippen LogP contribution in [0.15, 0.2) is 72.1 Å². The van der Waals surface area contributed by atoms with E-state index < -0.39 is 10.0 Å². The van der Waals surface area contributed by atoms with Crippen molar-refractivity contribution in [3.05, 3.63) is 72.8 Å². The van der Waals surface area contributed by atoms with Gasteiger partial charge in [0.25, 0.3) is 0 Å². The molecule has 120 valence electrons. The molecular formula is C17H18N2O3S. The summed E-state index contributed by atoms with van der Waals surface area (Å²) in [6.45, 7) is 3.63. The highest BCUT2D eigenvalue weighted by atomic mass is 32.2. The smallest absolute Gasteiger partial charge is 0.240 e. The lowest BCUT2D eigenvalue weighted by Gasteiger charge is -2.08. The van der Waals surface area contributed by atoms with Crippen LogP contribution in [0.25, 0.3) is 0 Å². The highest BCUT2D eigenvalue weighted by molar-refractivity contribution is 7.89. The molecule has 2 aromatic rings. The van der Waals surface area contributed by atoms with E-state index in [9.17, 15) is 13.2 Å². The van der Waals surface area contributed by atoms with Crippen molar-refractivity contribution in [3.63, 3.8) is 0 Å². The Labute approximate surface area is 136 Å². The quantitative estimate of drug-likeness (QED) is 0.765. The fraction of sp³-hybridized carbons (Fsp3) is 0.118. The Morgan fingerprint density at radius 2 is 1.70 bits per heavy atom. The van der Waals surface area contributed by atoms with Crippen LogP contribution in [0.1, 0.15) is 5.56 Å². The second-order valence-corrected chi connectivity index (χ2v) is 6.64. The summed E-state index contributed by atoms with van der Waals surface area (Å²) in [6, 6.07) is 15.4. The molecular weight excluding hydrogens is 312 g/mol. The lowest BCUT2D eigenvalue weighted by molar-refractivity contribution is -0.115. The second-order valence-electron chi connectivity index (χ2n) is 4.88. The van der Waals surface area contributed by atoms with E-state index in [0.29, 0.717) is 5.69 Å². The van der Waals surface area contributed by atoms with Gasteiger partial charge >= 0.3 is 0 Å². The molecule has 1 amide bonds. The van der Waals surface area contributed by atoms with Gasteiger partial charge in [-0.3, -0.25) is 4.79 Å². The molecule has 5 nitrogen and oxygen atoms in total. The van der Waals surface area contributed by atoms with Gasteiger partial charge in [-0.25, -0.2) is 13.1 Å². The number of anilines is 1. The molecule has 23 heavy (non-hydrogen) atoms. The lowest BCUT2D eigenvalue weighted by Crippen LogP contribution is -2.23. The average molecular weight is 330 g/mol. The summed E-state index contributed by atoms with van der Waals surface area (Å²) in [6.07, 6.45) is 1.73. The van der Waals surface area contributed by atoms with Gasteiger partial charge in [-0.05, 0) is 29.8 Å². The number of hydrogen-bond donors (Lipinski definition) is 2. The van der Waals surface area contributed by atoms with Crippen LogP contribution in [0.3, 0.4) is 0 Å². The molecule has 0 fully saturated rings. The Bertz CT molecular complexity index is 769. The van der Waals surface area contributed by atoms with Crippen molar-refractivity contribution in [2.24, 2.45) is 0 Å². The molecule has 0 heterocycles. The topological polar surface area (TPSA) is 75.3 Å². The first-order chi connectivity index (χ1) is 11.0. The maximum atomic E-state index is 12.0. The van der Waals surface area contributed by atoms with Crippen molar-refractivity contribution >= 4 is 21.6 Å². The van der Waals surface area contributed by atoms with Crippen molar-refractivity contribution in [1.29, 1.82) is 0 Å². The number of carbonyl (C=O) groups is 1. The molecule has 2 aromatic carbocycles. The van der Waals surface area contributed by atoms with E-state index in [4.69, 9.17) is 0 Å². The van der Waals surface area contributed by atoms with Crippen LogP contribution in [0.4, 0.5) is 5.69 Å². The molecule has 0 aliphatic rings.